The first kappa shape index (κ1) is 16.8. The van der Waals surface area contributed by atoms with Gasteiger partial charge in [-0.1, -0.05) is 35.8 Å². The number of halogens is 1. The molecule has 0 spiro atoms. The van der Waals surface area contributed by atoms with Gasteiger partial charge in [0, 0.05) is 29.3 Å². The number of aliphatic hydroxyl groups excluding tert-OH is 1. The minimum Gasteiger partial charge on any atom is -0.393 e. The topological polar surface area (TPSA) is 35.5 Å². The molecule has 21 heavy (non-hydrogen) atoms. The van der Waals surface area contributed by atoms with Crippen molar-refractivity contribution in [2.45, 2.75) is 45.8 Å². The van der Waals surface area contributed by atoms with E-state index in [-0.39, 0.29) is 6.10 Å². The Hall–Kier alpha value is -0.580. The standard InChI is InChI=1S/C17H27BrN2O/c1-4-8-19-13(3)15-6-5-14(10-16(15)18)20-9-7-17(21)12(2)11-20/h5-6,10,12-13,17,19,21H,4,7-9,11H2,1-3H3. The fourth-order valence-electron chi connectivity index (χ4n) is 2.90. The van der Waals surface area contributed by atoms with Crippen LogP contribution in [0.15, 0.2) is 22.7 Å². The smallest absolute Gasteiger partial charge is 0.0599 e. The first-order chi connectivity index (χ1) is 10.0. The normalized spacial score (nSPS) is 24.1. The Labute approximate surface area is 136 Å². The lowest BCUT2D eigenvalue weighted by Crippen LogP contribution is -2.41. The molecule has 1 aliphatic heterocycles. The number of benzene rings is 1. The lowest BCUT2D eigenvalue weighted by molar-refractivity contribution is 0.0971. The van der Waals surface area contributed by atoms with E-state index in [1.807, 2.05) is 0 Å². The molecule has 0 saturated carbocycles. The average Bonchev–Trinajstić information content (AvgIpc) is 2.47. The van der Waals surface area contributed by atoms with Crippen LogP contribution in [0.1, 0.15) is 45.2 Å². The van der Waals surface area contributed by atoms with E-state index in [1.54, 1.807) is 0 Å². The molecule has 1 heterocycles. The number of nitrogens with one attached hydrogen (secondary N) is 1. The Kier molecular flexibility index (Phi) is 6.08. The average molecular weight is 355 g/mol. The van der Waals surface area contributed by atoms with E-state index in [1.165, 1.54) is 11.3 Å². The molecule has 3 nitrogen and oxygen atoms in total. The van der Waals surface area contributed by atoms with Gasteiger partial charge in [0.25, 0.3) is 0 Å². The van der Waals surface area contributed by atoms with Crippen LogP contribution in [-0.2, 0) is 0 Å². The third-order valence-corrected chi connectivity index (χ3v) is 5.06. The number of anilines is 1. The van der Waals surface area contributed by atoms with Crippen LogP contribution in [0.4, 0.5) is 5.69 Å². The predicted octanol–water partition coefficient (Wildman–Crippen LogP) is 3.72. The van der Waals surface area contributed by atoms with Gasteiger partial charge in [-0.2, -0.15) is 0 Å². The van der Waals surface area contributed by atoms with E-state index >= 15 is 0 Å². The van der Waals surface area contributed by atoms with Crippen molar-refractivity contribution in [1.29, 1.82) is 0 Å². The lowest BCUT2D eigenvalue weighted by Gasteiger charge is -2.36. The van der Waals surface area contributed by atoms with Crippen molar-refractivity contribution in [1.82, 2.24) is 5.32 Å². The molecule has 1 aromatic carbocycles. The maximum atomic E-state index is 9.85. The highest BCUT2D eigenvalue weighted by atomic mass is 79.9. The summed E-state index contributed by atoms with van der Waals surface area (Å²) in [5.74, 6) is 0.336. The number of rotatable bonds is 5. The van der Waals surface area contributed by atoms with Crippen LogP contribution >= 0.6 is 15.9 Å². The van der Waals surface area contributed by atoms with Gasteiger partial charge in [-0.05, 0) is 49.9 Å². The molecule has 0 aromatic heterocycles. The number of aliphatic hydroxyl groups is 1. The number of nitrogens with zero attached hydrogens (tertiary/aromatic N) is 1. The second kappa shape index (κ2) is 7.61. The van der Waals surface area contributed by atoms with Gasteiger partial charge >= 0.3 is 0 Å². The summed E-state index contributed by atoms with van der Waals surface area (Å²) < 4.78 is 1.16. The number of hydrogen-bond acceptors (Lipinski definition) is 3. The zero-order valence-electron chi connectivity index (χ0n) is 13.3. The fourth-order valence-corrected chi connectivity index (χ4v) is 3.61. The van der Waals surface area contributed by atoms with E-state index in [4.69, 9.17) is 0 Å². The molecular weight excluding hydrogens is 328 g/mol. The lowest BCUT2D eigenvalue weighted by atomic mass is 9.96. The Morgan fingerprint density at radius 1 is 1.48 bits per heavy atom. The van der Waals surface area contributed by atoms with Crippen LogP contribution in [0.2, 0.25) is 0 Å². The van der Waals surface area contributed by atoms with Gasteiger partial charge in [0.1, 0.15) is 0 Å². The van der Waals surface area contributed by atoms with Crippen LogP contribution < -0.4 is 10.2 Å². The molecule has 4 heteroatoms. The highest BCUT2D eigenvalue weighted by molar-refractivity contribution is 9.10. The van der Waals surface area contributed by atoms with Crippen LogP contribution in [0.25, 0.3) is 0 Å². The Bertz CT molecular complexity index is 466. The summed E-state index contributed by atoms with van der Waals surface area (Å²) in [7, 11) is 0. The molecular formula is C17H27BrN2O. The minimum absolute atomic E-state index is 0.151. The van der Waals surface area contributed by atoms with Crippen molar-refractivity contribution >= 4 is 21.6 Å². The first-order valence-corrected chi connectivity index (χ1v) is 8.78. The van der Waals surface area contributed by atoms with Crippen LogP contribution in [0.5, 0.6) is 0 Å². The van der Waals surface area contributed by atoms with E-state index in [9.17, 15) is 5.11 Å². The molecule has 1 aromatic rings. The first-order valence-electron chi connectivity index (χ1n) is 7.98. The van der Waals surface area contributed by atoms with Crippen LogP contribution in [0, 0.1) is 5.92 Å². The summed E-state index contributed by atoms with van der Waals surface area (Å²) in [6, 6.07) is 6.98. The quantitative estimate of drug-likeness (QED) is 0.845. The van der Waals surface area contributed by atoms with Gasteiger partial charge in [0.15, 0.2) is 0 Å². The summed E-state index contributed by atoms with van der Waals surface area (Å²) >= 11 is 3.72. The van der Waals surface area contributed by atoms with Gasteiger partial charge in [-0.25, -0.2) is 0 Å². The maximum Gasteiger partial charge on any atom is 0.0599 e. The van der Waals surface area contributed by atoms with Gasteiger partial charge in [-0.3, -0.25) is 0 Å². The molecule has 118 valence electrons. The highest BCUT2D eigenvalue weighted by Gasteiger charge is 2.24. The minimum atomic E-state index is -0.151. The molecule has 0 radical (unpaired) electrons. The van der Waals surface area contributed by atoms with Gasteiger partial charge in [-0.15, -0.1) is 0 Å². The molecule has 1 saturated heterocycles. The van der Waals surface area contributed by atoms with Gasteiger partial charge in [0.2, 0.25) is 0 Å². The number of piperidine rings is 1. The van der Waals surface area contributed by atoms with Crippen molar-refractivity contribution in [3.8, 4) is 0 Å². The van der Waals surface area contributed by atoms with E-state index in [0.717, 1.165) is 36.9 Å². The molecule has 0 amide bonds. The van der Waals surface area contributed by atoms with Crippen molar-refractivity contribution in [2.75, 3.05) is 24.5 Å². The summed E-state index contributed by atoms with van der Waals surface area (Å²) in [5.41, 5.74) is 2.55. The summed E-state index contributed by atoms with van der Waals surface area (Å²) in [5, 5.41) is 13.4. The SMILES string of the molecule is CCCNC(C)c1ccc(N2CCC(O)C(C)C2)cc1Br. The third-order valence-electron chi connectivity index (χ3n) is 4.38. The van der Waals surface area contributed by atoms with Crippen molar-refractivity contribution in [3.63, 3.8) is 0 Å². The van der Waals surface area contributed by atoms with Crippen LogP contribution in [0.3, 0.4) is 0 Å². The summed E-state index contributed by atoms with van der Waals surface area (Å²) in [6.07, 6.45) is 1.85. The second-order valence-corrected chi connectivity index (χ2v) is 7.02. The van der Waals surface area contributed by atoms with Crippen molar-refractivity contribution < 1.29 is 5.11 Å². The predicted molar refractivity (Wildman–Crippen MR) is 92.9 cm³/mol. The monoisotopic (exact) mass is 354 g/mol. The Balaban J connectivity index is 2.08. The third kappa shape index (κ3) is 4.21. The van der Waals surface area contributed by atoms with E-state index < -0.39 is 0 Å². The Morgan fingerprint density at radius 2 is 2.24 bits per heavy atom. The van der Waals surface area contributed by atoms with E-state index in [0.29, 0.717) is 12.0 Å². The Morgan fingerprint density at radius 3 is 2.86 bits per heavy atom. The molecule has 1 aliphatic rings. The summed E-state index contributed by atoms with van der Waals surface area (Å²) in [4.78, 5) is 2.37. The molecule has 1 fully saturated rings. The highest BCUT2D eigenvalue weighted by Crippen LogP contribution is 2.30. The molecule has 2 rings (SSSR count). The molecule has 0 bridgehead atoms. The molecule has 0 aliphatic carbocycles. The summed E-state index contributed by atoms with van der Waals surface area (Å²) in [6.45, 7) is 9.41. The maximum absolute atomic E-state index is 9.85. The van der Waals surface area contributed by atoms with Gasteiger partial charge < -0.3 is 15.3 Å². The van der Waals surface area contributed by atoms with Crippen molar-refractivity contribution in [2.24, 2.45) is 5.92 Å². The second-order valence-electron chi connectivity index (χ2n) is 6.16. The zero-order valence-corrected chi connectivity index (χ0v) is 14.9. The molecule has 3 atom stereocenters. The molecule has 3 unspecified atom stereocenters. The van der Waals surface area contributed by atoms with Crippen molar-refractivity contribution in [3.05, 3.63) is 28.2 Å². The fraction of sp³-hybridized carbons (Fsp3) is 0.647. The largest absolute Gasteiger partial charge is 0.393 e. The van der Waals surface area contributed by atoms with Crippen LogP contribution in [-0.4, -0.2) is 30.8 Å². The zero-order chi connectivity index (χ0) is 15.4. The van der Waals surface area contributed by atoms with E-state index in [2.05, 4.69) is 65.1 Å². The number of hydrogen-bond donors (Lipinski definition) is 2. The molecule has 2 N–H and O–H groups in total. The van der Waals surface area contributed by atoms with Gasteiger partial charge in [0.05, 0.1) is 6.10 Å².